The summed E-state index contributed by atoms with van der Waals surface area (Å²) in [5.74, 6) is 0.921. The third-order valence-electron chi connectivity index (χ3n) is 3.50. The standard InChI is InChI=1S/C14H18INO/c1-10-4-2-7-12(13(10)15)14(17)16-9-8-11-5-3-6-11/h2,4,7,11H,3,5-6,8-9H2,1H3,(H,16,17). The Morgan fingerprint density at radius 1 is 1.47 bits per heavy atom. The molecular weight excluding hydrogens is 325 g/mol. The predicted octanol–water partition coefficient (Wildman–Crippen LogP) is 3.52. The van der Waals surface area contributed by atoms with Crippen molar-refractivity contribution in [1.82, 2.24) is 5.32 Å². The first-order valence-electron chi connectivity index (χ1n) is 6.22. The van der Waals surface area contributed by atoms with Crippen LogP contribution in [0.3, 0.4) is 0 Å². The highest BCUT2D eigenvalue weighted by Gasteiger charge is 2.17. The van der Waals surface area contributed by atoms with Crippen LogP contribution in [-0.2, 0) is 0 Å². The first-order chi connectivity index (χ1) is 8.18. The minimum atomic E-state index is 0.0671. The van der Waals surface area contributed by atoms with Gasteiger partial charge >= 0.3 is 0 Å². The highest BCUT2D eigenvalue weighted by Crippen LogP contribution is 2.28. The Labute approximate surface area is 116 Å². The average Bonchev–Trinajstić information content (AvgIpc) is 2.25. The number of hydrogen-bond acceptors (Lipinski definition) is 1. The van der Waals surface area contributed by atoms with Gasteiger partial charge in [0.1, 0.15) is 0 Å². The molecule has 0 spiro atoms. The van der Waals surface area contributed by atoms with Gasteiger partial charge in [0.25, 0.3) is 5.91 Å². The number of carbonyl (C=O) groups is 1. The zero-order chi connectivity index (χ0) is 12.3. The van der Waals surface area contributed by atoms with Gasteiger partial charge in [-0.15, -0.1) is 0 Å². The maximum atomic E-state index is 12.0. The third kappa shape index (κ3) is 3.21. The maximum Gasteiger partial charge on any atom is 0.252 e. The van der Waals surface area contributed by atoms with Crippen molar-refractivity contribution in [1.29, 1.82) is 0 Å². The first kappa shape index (κ1) is 12.9. The van der Waals surface area contributed by atoms with Gasteiger partial charge in [-0.3, -0.25) is 4.79 Å². The molecule has 1 aromatic rings. The number of carbonyl (C=O) groups excluding carboxylic acids is 1. The van der Waals surface area contributed by atoms with Crippen molar-refractivity contribution in [2.75, 3.05) is 6.54 Å². The Morgan fingerprint density at radius 3 is 2.88 bits per heavy atom. The summed E-state index contributed by atoms with van der Waals surface area (Å²) in [5.41, 5.74) is 1.97. The summed E-state index contributed by atoms with van der Waals surface area (Å²) in [4.78, 5) is 12.0. The lowest BCUT2D eigenvalue weighted by atomic mass is 9.83. The number of nitrogens with one attached hydrogen (secondary N) is 1. The third-order valence-corrected chi connectivity index (χ3v) is 4.93. The van der Waals surface area contributed by atoms with Crippen LogP contribution in [0.1, 0.15) is 41.6 Å². The van der Waals surface area contributed by atoms with Crippen LogP contribution in [0.5, 0.6) is 0 Å². The average molecular weight is 343 g/mol. The highest BCUT2D eigenvalue weighted by molar-refractivity contribution is 14.1. The molecule has 1 amide bonds. The molecule has 1 aliphatic rings. The van der Waals surface area contributed by atoms with Gasteiger partial charge in [0.2, 0.25) is 0 Å². The van der Waals surface area contributed by atoms with Gasteiger partial charge in [0.15, 0.2) is 0 Å². The Kier molecular flexibility index (Phi) is 4.42. The maximum absolute atomic E-state index is 12.0. The molecule has 0 heterocycles. The number of benzene rings is 1. The SMILES string of the molecule is Cc1cccc(C(=O)NCCC2CCC2)c1I. The minimum Gasteiger partial charge on any atom is -0.352 e. The van der Waals surface area contributed by atoms with Crippen LogP contribution >= 0.6 is 22.6 Å². The summed E-state index contributed by atoms with van der Waals surface area (Å²) in [5, 5.41) is 3.02. The topological polar surface area (TPSA) is 29.1 Å². The van der Waals surface area contributed by atoms with E-state index < -0.39 is 0 Å². The monoisotopic (exact) mass is 343 g/mol. The molecule has 2 rings (SSSR count). The molecule has 1 aromatic carbocycles. The summed E-state index contributed by atoms with van der Waals surface area (Å²) in [6, 6.07) is 5.87. The van der Waals surface area contributed by atoms with E-state index in [1.807, 2.05) is 25.1 Å². The van der Waals surface area contributed by atoms with E-state index in [-0.39, 0.29) is 5.91 Å². The van der Waals surface area contributed by atoms with E-state index in [1.54, 1.807) is 0 Å². The van der Waals surface area contributed by atoms with Gasteiger partial charge in [-0.2, -0.15) is 0 Å². The molecule has 0 unspecified atom stereocenters. The summed E-state index contributed by atoms with van der Waals surface area (Å²) >= 11 is 2.24. The minimum absolute atomic E-state index is 0.0671. The van der Waals surface area contributed by atoms with E-state index in [0.717, 1.165) is 33.6 Å². The van der Waals surface area contributed by atoms with Crippen LogP contribution in [-0.4, -0.2) is 12.5 Å². The predicted molar refractivity (Wildman–Crippen MR) is 78.2 cm³/mol. The van der Waals surface area contributed by atoms with E-state index in [1.165, 1.54) is 19.3 Å². The fourth-order valence-corrected chi connectivity index (χ4v) is 2.69. The van der Waals surface area contributed by atoms with Crippen molar-refractivity contribution < 1.29 is 4.79 Å². The summed E-state index contributed by atoms with van der Waals surface area (Å²) in [6.07, 6.45) is 5.19. The van der Waals surface area contributed by atoms with Gasteiger partial charge in [0.05, 0.1) is 5.56 Å². The second-order valence-corrected chi connectivity index (χ2v) is 5.86. The number of aryl methyl sites for hydroxylation is 1. The zero-order valence-electron chi connectivity index (χ0n) is 10.1. The number of hydrogen-bond donors (Lipinski definition) is 1. The molecule has 0 aliphatic heterocycles. The van der Waals surface area contributed by atoms with Crippen LogP contribution < -0.4 is 5.32 Å². The molecule has 0 saturated heterocycles. The molecule has 0 radical (unpaired) electrons. The van der Waals surface area contributed by atoms with Crippen LogP contribution in [0.25, 0.3) is 0 Å². The van der Waals surface area contributed by atoms with Crippen LogP contribution in [0, 0.1) is 16.4 Å². The first-order valence-corrected chi connectivity index (χ1v) is 7.29. The van der Waals surface area contributed by atoms with E-state index >= 15 is 0 Å². The molecular formula is C14H18INO. The summed E-state index contributed by atoms with van der Waals surface area (Å²) in [6.45, 7) is 2.85. The molecule has 3 heteroatoms. The number of rotatable bonds is 4. The quantitative estimate of drug-likeness (QED) is 0.833. The van der Waals surface area contributed by atoms with Crippen molar-refractivity contribution in [3.8, 4) is 0 Å². The molecule has 1 saturated carbocycles. The largest absolute Gasteiger partial charge is 0.352 e. The molecule has 1 aliphatic carbocycles. The van der Waals surface area contributed by atoms with Gasteiger partial charge in [-0.05, 0) is 53.5 Å². The second-order valence-electron chi connectivity index (χ2n) is 4.78. The highest BCUT2D eigenvalue weighted by atomic mass is 127. The number of amides is 1. The fourth-order valence-electron chi connectivity index (χ4n) is 2.09. The van der Waals surface area contributed by atoms with E-state index in [0.29, 0.717) is 0 Å². The van der Waals surface area contributed by atoms with E-state index in [9.17, 15) is 4.79 Å². The van der Waals surface area contributed by atoms with E-state index in [2.05, 4.69) is 27.9 Å². The van der Waals surface area contributed by atoms with Gasteiger partial charge in [-0.1, -0.05) is 31.4 Å². The van der Waals surface area contributed by atoms with Gasteiger partial charge in [0, 0.05) is 10.1 Å². The van der Waals surface area contributed by atoms with Crippen molar-refractivity contribution in [3.05, 3.63) is 32.9 Å². The molecule has 2 nitrogen and oxygen atoms in total. The van der Waals surface area contributed by atoms with Crippen molar-refractivity contribution in [3.63, 3.8) is 0 Å². The molecule has 92 valence electrons. The Bertz CT molecular complexity index is 413. The van der Waals surface area contributed by atoms with Crippen molar-refractivity contribution in [2.45, 2.75) is 32.6 Å². The lowest BCUT2D eigenvalue weighted by Crippen LogP contribution is -2.28. The Morgan fingerprint density at radius 2 is 2.24 bits per heavy atom. The smallest absolute Gasteiger partial charge is 0.252 e. The number of halogens is 1. The second kappa shape index (κ2) is 5.85. The van der Waals surface area contributed by atoms with Gasteiger partial charge in [-0.25, -0.2) is 0 Å². The van der Waals surface area contributed by atoms with Crippen LogP contribution in [0.4, 0.5) is 0 Å². The Balaban J connectivity index is 1.87. The zero-order valence-corrected chi connectivity index (χ0v) is 12.3. The molecule has 17 heavy (non-hydrogen) atoms. The molecule has 1 N–H and O–H groups in total. The van der Waals surface area contributed by atoms with E-state index in [4.69, 9.17) is 0 Å². The normalized spacial score (nSPS) is 15.4. The fraction of sp³-hybridized carbons (Fsp3) is 0.500. The van der Waals surface area contributed by atoms with Gasteiger partial charge < -0.3 is 5.32 Å². The Hall–Kier alpha value is -0.580. The summed E-state index contributed by atoms with van der Waals surface area (Å²) < 4.78 is 1.06. The molecule has 1 fully saturated rings. The lowest BCUT2D eigenvalue weighted by molar-refractivity contribution is 0.0948. The molecule has 0 bridgehead atoms. The lowest BCUT2D eigenvalue weighted by Gasteiger charge is -2.25. The van der Waals surface area contributed by atoms with Crippen molar-refractivity contribution >= 4 is 28.5 Å². The van der Waals surface area contributed by atoms with Crippen LogP contribution in [0.15, 0.2) is 18.2 Å². The molecule has 0 aromatic heterocycles. The molecule has 0 atom stereocenters. The van der Waals surface area contributed by atoms with Crippen molar-refractivity contribution in [2.24, 2.45) is 5.92 Å². The van der Waals surface area contributed by atoms with Crippen LogP contribution in [0.2, 0.25) is 0 Å². The summed E-state index contributed by atoms with van der Waals surface area (Å²) in [7, 11) is 0.